The third kappa shape index (κ3) is 5.87. The second kappa shape index (κ2) is 8.74. The van der Waals surface area contributed by atoms with Gasteiger partial charge >= 0.3 is 0 Å². The van der Waals surface area contributed by atoms with Crippen molar-refractivity contribution >= 4 is 15.8 Å². The van der Waals surface area contributed by atoms with Gasteiger partial charge in [-0.05, 0) is 43.9 Å². The van der Waals surface area contributed by atoms with E-state index in [1.807, 2.05) is 0 Å². The molecule has 3 rings (SSSR count). The molecule has 3 aliphatic rings. The third-order valence-corrected chi connectivity index (χ3v) is 8.05. The number of aliphatic imine (C=N–C) groups is 1. The highest BCUT2D eigenvalue weighted by Crippen LogP contribution is 2.24. The number of hydrogen-bond donors (Lipinski definition) is 2. The molecule has 3 fully saturated rings. The zero-order valence-electron chi connectivity index (χ0n) is 15.7. The molecule has 1 heterocycles. The largest absolute Gasteiger partial charge is 0.354 e. The molecular weight excluding hydrogens is 334 g/mol. The predicted molar refractivity (Wildman–Crippen MR) is 104 cm³/mol. The van der Waals surface area contributed by atoms with Crippen LogP contribution in [-0.4, -0.2) is 44.5 Å². The van der Waals surface area contributed by atoms with E-state index in [-0.39, 0.29) is 5.92 Å². The maximum atomic E-state index is 11.7. The Kier molecular flexibility index (Phi) is 6.64. The summed E-state index contributed by atoms with van der Waals surface area (Å²) in [4.78, 5) is 4.82. The van der Waals surface area contributed by atoms with E-state index in [1.165, 1.54) is 57.8 Å². The maximum Gasteiger partial charge on any atom is 0.191 e. The molecule has 6 heteroatoms. The van der Waals surface area contributed by atoms with Gasteiger partial charge in [-0.2, -0.15) is 0 Å². The summed E-state index contributed by atoms with van der Waals surface area (Å²) in [6, 6.07) is 1.02. The van der Waals surface area contributed by atoms with Crippen LogP contribution in [0.5, 0.6) is 0 Å². The fourth-order valence-electron chi connectivity index (χ4n) is 4.52. The van der Waals surface area contributed by atoms with Crippen molar-refractivity contribution in [2.45, 2.75) is 83.2 Å². The average molecular weight is 370 g/mol. The number of nitrogens with zero attached hydrogens (tertiary/aromatic N) is 1. The van der Waals surface area contributed by atoms with E-state index in [9.17, 15) is 8.42 Å². The van der Waals surface area contributed by atoms with Gasteiger partial charge in [0.1, 0.15) is 0 Å². The van der Waals surface area contributed by atoms with Crippen molar-refractivity contribution in [3.8, 4) is 0 Å². The summed E-state index contributed by atoms with van der Waals surface area (Å²) >= 11 is 0. The van der Waals surface area contributed by atoms with Crippen molar-refractivity contribution in [2.75, 3.05) is 18.1 Å². The molecule has 25 heavy (non-hydrogen) atoms. The molecular formula is C19H35N3O2S. The van der Waals surface area contributed by atoms with Gasteiger partial charge < -0.3 is 10.6 Å². The Morgan fingerprint density at radius 1 is 0.960 bits per heavy atom. The quantitative estimate of drug-likeness (QED) is 0.590. The molecule has 0 amide bonds. The first-order chi connectivity index (χ1) is 12.0. The van der Waals surface area contributed by atoms with E-state index in [2.05, 4.69) is 17.6 Å². The minimum atomic E-state index is -2.82. The average Bonchev–Trinajstić information content (AvgIpc) is 2.95. The van der Waals surface area contributed by atoms with Gasteiger partial charge in [0.2, 0.25) is 0 Å². The van der Waals surface area contributed by atoms with Crippen molar-refractivity contribution in [1.29, 1.82) is 0 Å². The van der Waals surface area contributed by atoms with E-state index in [0.717, 1.165) is 12.4 Å². The van der Waals surface area contributed by atoms with Gasteiger partial charge in [0.25, 0.3) is 0 Å². The first-order valence-electron chi connectivity index (χ1n) is 10.3. The fraction of sp³-hybridized carbons (Fsp3) is 0.947. The van der Waals surface area contributed by atoms with Crippen LogP contribution in [0.2, 0.25) is 0 Å². The molecule has 2 saturated carbocycles. The van der Waals surface area contributed by atoms with Crippen LogP contribution in [0.25, 0.3) is 0 Å². The molecule has 5 nitrogen and oxygen atoms in total. The number of hydrogen-bond acceptors (Lipinski definition) is 3. The van der Waals surface area contributed by atoms with Crippen LogP contribution in [-0.2, 0) is 9.84 Å². The lowest BCUT2D eigenvalue weighted by atomic mass is 9.86. The van der Waals surface area contributed by atoms with Gasteiger partial charge in [-0.25, -0.2) is 8.42 Å². The molecule has 0 aromatic heterocycles. The second-order valence-electron chi connectivity index (χ2n) is 8.45. The molecule has 144 valence electrons. The topological polar surface area (TPSA) is 70.6 Å². The van der Waals surface area contributed by atoms with Crippen LogP contribution in [0, 0.1) is 11.8 Å². The highest BCUT2D eigenvalue weighted by Gasteiger charge is 2.28. The highest BCUT2D eigenvalue weighted by atomic mass is 32.2. The monoisotopic (exact) mass is 369 g/mol. The summed E-state index contributed by atoms with van der Waals surface area (Å²) < 4.78 is 23.4. The van der Waals surface area contributed by atoms with Crippen molar-refractivity contribution in [3.05, 3.63) is 0 Å². The molecule has 1 aliphatic heterocycles. The molecule has 3 unspecified atom stereocenters. The molecule has 2 N–H and O–H groups in total. The second-order valence-corrected chi connectivity index (χ2v) is 10.7. The van der Waals surface area contributed by atoms with Crippen molar-refractivity contribution < 1.29 is 8.42 Å². The van der Waals surface area contributed by atoms with Gasteiger partial charge in [-0.3, -0.25) is 4.99 Å². The Labute approximate surface area is 153 Å². The molecule has 0 radical (unpaired) electrons. The molecule has 3 atom stereocenters. The lowest BCUT2D eigenvalue weighted by Gasteiger charge is -2.33. The third-order valence-electron chi connectivity index (χ3n) is 6.21. The Morgan fingerprint density at radius 3 is 2.36 bits per heavy atom. The van der Waals surface area contributed by atoms with Crippen LogP contribution in [0.4, 0.5) is 0 Å². The molecule has 0 bridgehead atoms. The summed E-state index contributed by atoms with van der Waals surface area (Å²) in [6.07, 6.45) is 12.3. The summed E-state index contributed by atoms with van der Waals surface area (Å²) in [5, 5.41) is 7.35. The maximum absolute atomic E-state index is 11.7. The Bertz CT molecular complexity index is 555. The lowest BCUT2D eigenvalue weighted by Crippen LogP contribution is -2.50. The first kappa shape index (κ1) is 19.0. The van der Waals surface area contributed by atoms with Crippen LogP contribution >= 0.6 is 0 Å². The summed E-state index contributed by atoms with van der Waals surface area (Å²) in [5.74, 6) is 2.45. The van der Waals surface area contributed by atoms with Crippen LogP contribution < -0.4 is 10.6 Å². The van der Waals surface area contributed by atoms with E-state index in [0.29, 0.717) is 36.1 Å². The predicted octanol–water partition coefficient (Wildman–Crippen LogP) is 2.87. The summed E-state index contributed by atoms with van der Waals surface area (Å²) in [7, 11) is -2.82. The molecule has 0 aromatic carbocycles. The first-order valence-corrected chi connectivity index (χ1v) is 12.1. The highest BCUT2D eigenvalue weighted by molar-refractivity contribution is 7.91. The Hall–Kier alpha value is -0.780. The molecule has 0 spiro atoms. The molecule has 0 aromatic rings. The van der Waals surface area contributed by atoms with Crippen molar-refractivity contribution in [3.63, 3.8) is 0 Å². The van der Waals surface area contributed by atoms with Gasteiger partial charge in [-0.15, -0.1) is 0 Å². The number of rotatable bonds is 4. The summed E-state index contributed by atoms with van der Waals surface area (Å²) in [5.41, 5.74) is 0. The fourth-order valence-corrected chi connectivity index (χ4v) is 6.37. The Balaban J connectivity index is 1.61. The normalized spacial score (nSPS) is 34.0. The van der Waals surface area contributed by atoms with Crippen LogP contribution in [0.3, 0.4) is 0 Å². The van der Waals surface area contributed by atoms with Crippen LogP contribution in [0.15, 0.2) is 4.99 Å². The number of nitrogens with one attached hydrogen (secondary N) is 2. The van der Waals surface area contributed by atoms with Gasteiger partial charge in [-0.1, -0.05) is 39.0 Å². The Morgan fingerprint density at radius 2 is 1.68 bits per heavy atom. The lowest BCUT2D eigenvalue weighted by molar-refractivity contribution is 0.304. The van der Waals surface area contributed by atoms with Crippen molar-refractivity contribution in [1.82, 2.24) is 10.6 Å². The van der Waals surface area contributed by atoms with E-state index in [4.69, 9.17) is 4.99 Å². The molecule has 1 saturated heterocycles. The van der Waals surface area contributed by atoms with Gasteiger partial charge in [0.05, 0.1) is 11.5 Å². The zero-order valence-corrected chi connectivity index (χ0v) is 16.5. The molecule has 2 aliphatic carbocycles. The standard InChI is InChI=1S/C19H35N3O2S/c1-15-7-5-6-10-18(15)22-19(21-17-8-3-2-4-9-17)20-13-16-11-12-25(23,24)14-16/h15-18H,2-14H2,1H3,(H2,20,21,22). The minimum absolute atomic E-state index is 0.193. The van der Waals surface area contributed by atoms with Gasteiger partial charge in [0, 0.05) is 18.6 Å². The van der Waals surface area contributed by atoms with Gasteiger partial charge in [0.15, 0.2) is 15.8 Å². The smallest absolute Gasteiger partial charge is 0.191 e. The number of guanidine groups is 1. The SMILES string of the molecule is CC1CCCCC1NC(=NCC1CCS(=O)(=O)C1)NC1CCCCC1. The van der Waals surface area contributed by atoms with E-state index in [1.54, 1.807) is 0 Å². The van der Waals surface area contributed by atoms with Crippen molar-refractivity contribution in [2.24, 2.45) is 16.8 Å². The van der Waals surface area contributed by atoms with E-state index >= 15 is 0 Å². The zero-order chi connectivity index (χ0) is 17.7. The minimum Gasteiger partial charge on any atom is -0.354 e. The summed E-state index contributed by atoms with van der Waals surface area (Å²) in [6.45, 7) is 2.96. The number of sulfone groups is 1. The van der Waals surface area contributed by atoms with Crippen LogP contribution in [0.1, 0.15) is 71.1 Å². The van der Waals surface area contributed by atoms with E-state index < -0.39 is 9.84 Å².